The van der Waals surface area contributed by atoms with Crippen LogP contribution in [0.15, 0.2) is 42.5 Å². The summed E-state index contributed by atoms with van der Waals surface area (Å²) in [6.45, 7) is 0.350. The van der Waals surface area contributed by atoms with E-state index in [1.807, 2.05) is 6.07 Å². The van der Waals surface area contributed by atoms with Gasteiger partial charge in [0.25, 0.3) is 0 Å². The Morgan fingerprint density at radius 3 is 2.50 bits per heavy atom. The lowest BCUT2D eigenvalue weighted by Gasteiger charge is -2.17. The number of methoxy groups -OCH3 is 1. The van der Waals surface area contributed by atoms with Crippen molar-refractivity contribution in [3.63, 3.8) is 0 Å². The van der Waals surface area contributed by atoms with Crippen molar-refractivity contribution in [3.05, 3.63) is 65.2 Å². The zero-order valence-electron chi connectivity index (χ0n) is 11.3. The Kier molecular flexibility index (Phi) is 4.69. The van der Waals surface area contributed by atoms with Crippen LogP contribution in [0.3, 0.4) is 0 Å². The molecule has 106 valence electrons. The molecule has 0 aliphatic carbocycles. The third-order valence-corrected chi connectivity index (χ3v) is 3.31. The third kappa shape index (κ3) is 3.33. The Balaban J connectivity index is 2.28. The normalized spacial score (nSPS) is 12.2. The molecule has 0 amide bonds. The molecule has 0 radical (unpaired) electrons. The van der Waals surface area contributed by atoms with E-state index in [0.717, 1.165) is 11.1 Å². The Labute approximate surface area is 117 Å². The van der Waals surface area contributed by atoms with Gasteiger partial charge in [0.2, 0.25) is 0 Å². The predicted molar refractivity (Wildman–Crippen MR) is 74.9 cm³/mol. The molecule has 20 heavy (non-hydrogen) atoms. The third-order valence-electron chi connectivity index (χ3n) is 3.31. The molecule has 0 bridgehead atoms. The topological polar surface area (TPSA) is 35.2 Å². The van der Waals surface area contributed by atoms with Gasteiger partial charge in [-0.15, -0.1) is 0 Å². The Morgan fingerprint density at radius 1 is 1.10 bits per heavy atom. The lowest BCUT2D eigenvalue weighted by molar-refractivity contribution is 0.406. The van der Waals surface area contributed by atoms with Crippen molar-refractivity contribution >= 4 is 0 Å². The van der Waals surface area contributed by atoms with Crippen LogP contribution in [0.1, 0.15) is 17.0 Å². The van der Waals surface area contributed by atoms with Gasteiger partial charge in [-0.25, -0.2) is 8.78 Å². The minimum absolute atomic E-state index is 0.0820. The summed E-state index contributed by atoms with van der Waals surface area (Å²) in [4.78, 5) is 0. The SMILES string of the molecule is COc1ccc(F)cc1CC(CN)c1cccc(F)c1. The number of rotatable bonds is 5. The Bertz CT molecular complexity index is 586. The summed E-state index contributed by atoms with van der Waals surface area (Å²) in [6, 6.07) is 10.7. The molecular weight excluding hydrogens is 260 g/mol. The first kappa shape index (κ1) is 14.5. The van der Waals surface area contributed by atoms with Crippen molar-refractivity contribution in [2.45, 2.75) is 12.3 Å². The van der Waals surface area contributed by atoms with Crippen molar-refractivity contribution in [1.82, 2.24) is 0 Å². The number of ether oxygens (including phenoxy) is 1. The minimum atomic E-state index is -0.323. The second-order valence-corrected chi connectivity index (χ2v) is 4.65. The second-order valence-electron chi connectivity index (χ2n) is 4.65. The van der Waals surface area contributed by atoms with Crippen molar-refractivity contribution < 1.29 is 13.5 Å². The summed E-state index contributed by atoms with van der Waals surface area (Å²) < 4.78 is 31.9. The van der Waals surface area contributed by atoms with Gasteiger partial charge in [-0.3, -0.25) is 0 Å². The highest BCUT2D eigenvalue weighted by atomic mass is 19.1. The van der Waals surface area contributed by atoms with Gasteiger partial charge in [0, 0.05) is 5.92 Å². The molecule has 0 fully saturated rings. The van der Waals surface area contributed by atoms with Crippen LogP contribution in [-0.4, -0.2) is 13.7 Å². The van der Waals surface area contributed by atoms with Crippen LogP contribution in [0.5, 0.6) is 5.75 Å². The summed E-state index contributed by atoms with van der Waals surface area (Å²) in [7, 11) is 1.54. The molecule has 0 aliphatic rings. The molecular formula is C16H17F2NO. The maximum absolute atomic E-state index is 13.4. The predicted octanol–water partition coefficient (Wildman–Crippen LogP) is 3.26. The fourth-order valence-electron chi connectivity index (χ4n) is 2.27. The summed E-state index contributed by atoms with van der Waals surface area (Å²) in [6.07, 6.45) is 0.501. The van der Waals surface area contributed by atoms with Crippen molar-refractivity contribution in [2.24, 2.45) is 5.73 Å². The molecule has 0 heterocycles. The lowest BCUT2D eigenvalue weighted by Crippen LogP contribution is -2.15. The zero-order valence-corrected chi connectivity index (χ0v) is 11.3. The van der Waals surface area contributed by atoms with E-state index in [1.165, 1.54) is 31.4 Å². The highest BCUT2D eigenvalue weighted by molar-refractivity contribution is 5.36. The summed E-state index contributed by atoms with van der Waals surface area (Å²) in [5.41, 5.74) is 7.31. The van der Waals surface area contributed by atoms with Gasteiger partial charge in [-0.2, -0.15) is 0 Å². The van der Waals surface area contributed by atoms with Crippen LogP contribution in [0.4, 0.5) is 8.78 Å². The monoisotopic (exact) mass is 277 g/mol. The van der Waals surface area contributed by atoms with Crippen molar-refractivity contribution in [2.75, 3.05) is 13.7 Å². The van der Waals surface area contributed by atoms with Crippen LogP contribution in [0.2, 0.25) is 0 Å². The molecule has 2 nitrogen and oxygen atoms in total. The highest BCUT2D eigenvalue weighted by Crippen LogP contribution is 2.27. The quantitative estimate of drug-likeness (QED) is 0.910. The zero-order chi connectivity index (χ0) is 14.5. The highest BCUT2D eigenvalue weighted by Gasteiger charge is 2.15. The van der Waals surface area contributed by atoms with E-state index in [4.69, 9.17) is 10.5 Å². The molecule has 0 saturated heterocycles. The lowest BCUT2D eigenvalue weighted by atomic mass is 9.91. The molecule has 2 aromatic carbocycles. The maximum Gasteiger partial charge on any atom is 0.123 e. The molecule has 0 aliphatic heterocycles. The molecule has 0 saturated carbocycles. The molecule has 1 atom stereocenters. The number of nitrogens with two attached hydrogens (primary N) is 1. The van der Waals surface area contributed by atoms with Crippen molar-refractivity contribution in [3.8, 4) is 5.75 Å². The van der Waals surface area contributed by atoms with E-state index in [0.29, 0.717) is 18.7 Å². The van der Waals surface area contributed by atoms with Crippen LogP contribution >= 0.6 is 0 Å². The molecule has 4 heteroatoms. The maximum atomic E-state index is 13.4. The van der Waals surface area contributed by atoms with E-state index in [2.05, 4.69) is 0 Å². The Morgan fingerprint density at radius 2 is 1.85 bits per heavy atom. The number of hydrogen-bond acceptors (Lipinski definition) is 2. The fourth-order valence-corrected chi connectivity index (χ4v) is 2.27. The summed E-state index contributed by atoms with van der Waals surface area (Å²) in [5, 5.41) is 0. The van der Waals surface area contributed by atoms with Gasteiger partial charge in [0.1, 0.15) is 17.4 Å². The van der Waals surface area contributed by atoms with Crippen LogP contribution < -0.4 is 10.5 Å². The van der Waals surface area contributed by atoms with Crippen LogP contribution in [0.25, 0.3) is 0 Å². The minimum Gasteiger partial charge on any atom is -0.496 e. The van der Waals surface area contributed by atoms with Crippen molar-refractivity contribution in [1.29, 1.82) is 0 Å². The largest absolute Gasteiger partial charge is 0.496 e. The standard InChI is InChI=1S/C16H17F2NO/c1-20-16-6-5-15(18)9-12(16)7-13(10-19)11-3-2-4-14(17)8-11/h2-6,8-9,13H,7,10,19H2,1H3. The van der Waals surface area contributed by atoms with E-state index in [1.54, 1.807) is 12.1 Å². The molecule has 2 aromatic rings. The van der Waals surface area contributed by atoms with Gasteiger partial charge in [0.05, 0.1) is 7.11 Å². The first-order valence-corrected chi connectivity index (χ1v) is 6.42. The molecule has 2 rings (SSSR count). The van der Waals surface area contributed by atoms with Gasteiger partial charge >= 0.3 is 0 Å². The van der Waals surface area contributed by atoms with Gasteiger partial charge in [-0.05, 0) is 54.4 Å². The first-order chi connectivity index (χ1) is 9.63. The van der Waals surface area contributed by atoms with E-state index in [9.17, 15) is 8.78 Å². The average Bonchev–Trinajstić information content (AvgIpc) is 2.45. The summed E-state index contributed by atoms with van der Waals surface area (Å²) >= 11 is 0. The number of hydrogen-bond donors (Lipinski definition) is 1. The fraction of sp³-hybridized carbons (Fsp3) is 0.250. The number of halogens is 2. The van der Waals surface area contributed by atoms with E-state index in [-0.39, 0.29) is 17.6 Å². The van der Waals surface area contributed by atoms with Gasteiger partial charge in [0.15, 0.2) is 0 Å². The molecule has 0 spiro atoms. The van der Waals surface area contributed by atoms with Gasteiger partial charge in [-0.1, -0.05) is 12.1 Å². The molecule has 0 aromatic heterocycles. The molecule has 1 unspecified atom stereocenters. The Hall–Kier alpha value is -1.94. The summed E-state index contributed by atoms with van der Waals surface area (Å²) in [5.74, 6) is -0.0920. The van der Waals surface area contributed by atoms with Gasteiger partial charge < -0.3 is 10.5 Å². The van der Waals surface area contributed by atoms with Crippen LogP contribution in [-0.2, 0) is 6.42 Å². The second kappa shape index (κ2) is 6.48. The van der Waals surface area contributed by atoms with E-state index >= 15 is 0 Å². The average molecular weight is 277 g/mol. The molecule has 2 N–H and O–H groups in total. The van der Waals surface area contributed by atoms with Crippen LogP contribution in [0, 0.1) is 11.6 Å². The smallest absolute Gasteiger partial charge is 0.123 e. The number of benzene rings is 2. The van der Waals surface area contributed by atoms with E-state index < -0.39 is 0 Å². The first-order valence-electron chi connectivity index (χ1n) is 6.42.